The summed E-state index contributed by atoms with van der Waals surface area (Å²) < 4.78 is 83.7. The summed E-state index contributed by atoms with van der Waals surface area (Å²) in [5.74, 6) is -1.59. The number of nitrogens with zero attached hydrogens (tertiary/aromatic N) is 3. The van der Waals surface area contributed by atoms with Crippen LogP contribution in [0.4, 0.5) is 5.95 Å². The van der Waals surface area contributed by atoms with Gasteiger partial charge in [-0.15, -0.1) is 0 Å². The predicted molar refractivity (Wildman–Crippen MR) is 244 cm³/mol. The molecule has 0 fully saturated rings. The highest BCUT2D eigenvalue weighted by molar-refractivity contribution is 7.89. The van der Waals surface area contributed by atoms with Crippen LogP contribution in [0.25, 0.3) is 10.9 Å². The van der Waals surface area contributed by atoms with E-state index in [1.54, 1.807) is 50.6 Å². The minimum atomic E-state index is -4.36. The number of carbonyl (C=O) groups excluding carboxylic acids is 2. The summed E-state index contributed by atoms with van der Waals surface area (Å²) in [4.78, 5) is 44.5. The van der Waals surface area contributed by atoms with Crippen molar-refractivity contribution >= 4 is 54.8 Å². The maximum atomic E-state index is 13.5. The Kier molecular flexibility index (Phi) is 22.2. The highest BCUT2D eigenvalue weighted by Gasteiger charge is 2.29. The molecule has 0 spiro atoms. The number of unbranched alkanes of at least 4 members (excludes halogenated alkanes) is 1. The third-order valence-corrected chi connectivity index (χ3v) is 12.5. The summed E-state index contributed by atoms with van der Waals surface area (Å²) in [6.07, 6.45) is 8.90. The van der Waals surface area contributed by atoms with Gasteiger partial charge in [0.1, 0.15) is 11.8 Å². The molecule has 0 bridgehead atoms. The van der Waals surface area contributed by atoms with Crippen LogP contribution in [-0.2, 0) is 50.5 Å². The van der Waals surface area contributed by atoms with Crippen molar-refractivity contribution in [3.63, 3.8) is 0 Å². The molecule has 2 atom stereocenters. The fraction of sp³-hybridized carbons (Fsp3) is 0.548. The summed E-state index contributed by atoms with van der Waals surface area (Å²) in [5, 5.41) is 23.6. The number of hydrogen-bond donors (Lipinski definition) is 8. The fourth-order valence-corrected chi connectivity index (χ4v) is 9.11. The highest BCUT2D eigenvalue weighted by atomic mass is 32.2. The Labute approximate surface area is 384 Å². The van der Waals surface area contributed by atoms with E-state index in [1.165, 1.54) is 12.1 Å². The summed E-state index contributed by atoms with van der Waals surface area (Å²) >= 11 is 0. The molecule has 2 aromatic heterocycles. The Balaban J connectivity index is 1.07. The number of carboxylic acid groups (broad SMARTS) is 1. The Morgan fingerprint density at radius 3 is 2.23 bits per heavy atom. The van der Waals surface area contributed by atoms with Crippen molar-refractivity contribution in [3.05, 3.63) is 65.6 Å². The molecule has 366 valence electrons. The van der Waals surface area contributed by atoms with Gasteiger partial charge in [0.05, 0.1) is 55.4 Å². The lowest BCUT2D eigenvalue weighted by molar-refractivity contribution is -0.138. The number of nitrogens with two attached hydrogens (primary N) is 1. The van der Waals surface area contributed by atoms with Crippen molar-refractivity contribution in [2.75, 3.05) is 77.0 Å². The van der Waals surface area contributed by atoms with Crippen LogP contribution in [-0.4, -0.2) is 148 Å². The number of anilines is 1. The zero-order valence-corrected chi connectivity index (χ0v) is 39.0. The number of imidazole rings is 1. The molecule has 0 aliphatic heterocycles. The third kappa shape index (κ3) is 19.3. The molecule has 22 nitrogen and oxygen atoms in total. The SMILES string of the molecule is Cc1cc(OCCCC(=O)NCCCOCCOCCOCCCCC(N)CS(=O)(=O)O)cc(C)c1S(=O)(=O)NC(CNC(=O)c1ccc2c(cnn2CCCNc2ncc[nH]2)c1)C(=O)O. The minimum absolute atomic E-state index is 0.113. The minimum Gasteiger partial charge on any atom is -0.494 e. The Hall–Kier alpha value is -5.21. The number of carboxylic acids is 1. The van der Waals surface area contributed by atoms with Crippen molar-refractivity contribution in [1.82, 2.24) is 35.1 Å². The van der Waals surface area contributed by atoms with Gasteiger partial charge >= 0.3 is 5.97 Å². The van der Waals surface area contributed by atoms with Crippen LogP contribution in [0.3, 0.4) is 0 Å². The van der Waals surface area contributed by atoms with Gasteiger partial charge in [0.25, 0.3) is 16.0 Å². The fourth-order valence-electron chi connectivity index (χ4n) is 6.76. The lowest BCUT2D eigenvalue weighted by Gasteiger charge is -2.19. The summed E-state index contributed by atoms with van der Waals surface area (Å²) in [6, 6.07) is 5.76. The van der Waals surface area contributed by atoms with Crippen LogP contribution >= 0.6 is 0 Å². The average Bonchev–Trinajstić information content (AvgIpc) is 3.92. The Bertz CT molecular complexity index is 2340. The largest absolute Gasteiger partial charge is 0.494 e. The number of H-pyrrole nitrogens is 1. The lowest BCUT2D eigenvalue weighted by atomic mass is 10.1. The number of nitrogens with one attached hydrogen (secondary N) is 5. The molecule has 2 amide bonds. The molecular weight excluding hydrogens is 903 g/mol. The van der Waals surface area contributed by atoms with E-state index in [-0.39, 0.29) is 29.4 Å². The van der Waals surface area contributed by atoms with E-state index < -0.39 is 56.4 Å². The van der Waals surface area contributed by atoms with E-state index >= 15 is 0 Å². The van der Waals surface area contributed by atoms with E-state index in [9.17, 15) is 36.3 Å². The first-order chi connectivity index (χ1) is 31.5. The van der Waals surface area contributed by atoms with Crippen molar-refractivity contribution in [2.24, 2.45) is 5.73 Å². The van der Waals surface area contributed by atoms with E-state index in [1.807, 2.05) is 4.68 Å². The standard InChI is InChI=1S/C42H63N9O13S2/c1-30-24-35(64-19-5-9-38(52)44-13-7-18-62-21-23-63-22-20-61-17-4-3-8-34(43)29-65(56,57)58)25-31(2)39(30)66(59,60)50-36(41(54)55)28-48-40(53)32-10-11-37-33(26-32)27-49-51(37)16-6-12-45-42-46-14-15-47-42/h10-11,14-15,24-27,34,36,50H,3-9,12-13,16-23,28-29,43H2,1-2H3,(H,44,52)(H,48,53)(H,54,55)(H2,45,46,47)(H,56,57,58). The maximum absolute atomic E-state index is 13.5. The molecule has 0 aliphatic rings. The number of amides is 2. The molecule has 0 saturated heterocycles. The molecule has 0 radical (unpaired) electrons. The molecule has 2 aromatic carbocycles. The molecule has 2 unspecified atom stereocenters. The lowest BCUT2D eigenvalue weighted by Crippen LogP contribution is -2.48. The molecule has 0 aliphatic carbocycles. The van der Waals surface area contributed by atoms with E-state index in [2.05, 4.69) is 35.7 Å². The zero-order valence-electron chi connectivity index (χ0n) is 37.3. The third-order valence-electron chi connectivity index (χ3n) is 9.89. The number of rotatable bonds is 34. The monoisotopic (exact) mass is 965 g/mol. The Morgan fingerprint density at radius 1 is 0.864 bits per heavy atom. The van der Waals surface area contributed by atoms with Gasteiger partial charge in [-0.2, -0.15) is 18.2 Å². The number of aryl methyl sites for hydroxylation is 3. The van der Waals surface area contributed by atoms with Crippen LogP contribution in [0.1, 0.15) is 66.4 Å². The number of benzene rings is 2. The second-order valence-electron chi connectivity index (χ2n) is 15.5. The van der Waals surface area contributed by atoms with E-state index in [0.717, 1.165) is 11.9 Å². The van der Waals surface area contributed by atoms with E-state index in [4.69, 9.17) is 29.2 Å². The van der Waals surface area contributed by atoms with Gasteiger partial charge in [0, 0.05) is 75.2 Å². The van der Waals surface area contributed by atoms with Crippen molar-refractivity contribution in [2.45, 2.75) is 82.3 Å². The summed E-state index contributed by atoms with van der Waals surface area (Å²) in [6.45, 7) is 7.05. The topological polar surface area (TPSA) is 318 Å². The molecule has 2 heterocycles. The number of sulfonamides is 1. The second-order valence-corrected chi connectivity index (χ2v) is 18.6. The highest BCUT2D eigenvalue weighted by Crippen LogP contribution is 2.26. The molecule has 4 rings (SSSR count). The van der Waals surface area contributed by atoms with Crippen LogP contribution in [0.5, 0.6) is 5.75 Å². The predicted octanol–water partition coefficient (Wildman–Crippen LogP) is 2.14. The molecule has 9 N–H and O–H groups in total. The van der Waals surface area contributed by atoms with Crippen molar-refractivity contribution in [1.29, 1.82) is 0 Å². The first-order valence-electron chi connectivity index (χ1n) is 21.7. The number of aromatic nitrogens is 4. The number of aliphatic carboxylic acids is 1. The van der Waals surface area contributed by atoms with Gasteiger partial charge in [0.15, 0.2) is 5.95 Å². The van der Waals surface area contributed by atoms with Crippen LogP contribution in [0.2, 0.25) is 0 Å². The number of aromatic amines is 1. The average molecular weight is 966 g/mol. The Morgan fingerprint density at radius 2 is 1.56 bits per heavy atom. The van der Waals surface area contributed by atoms with Crippen LogP contribution < -0.4 is 31.1 Å². The first kappa shape index (κ1) is 53.4. The quantitative estimate of drug-likeness (QED) is 0.0246. The van der Waals surface area contributed by atoms with Crippen LogP contribution in [0.15, 0.2) is 53.8 Å². The van der Waals surface area contributed by atoms with Gasteiger partial charge < -0.3 is 50.7 Å². The molecular formula is C42H63N9O13S2. The van der Waals surface area contributed by atoms with Crippen molar-refractivity contribution in [3.8, 4) is 5.75 Å². The summed E-state index contributed by atoms with van der Waals surface area (Å²) in [7, 11) is -8.42. The van der Waals surface area contributed by atoms with Gasteiger partial charge in [-0.25, -0.2) is 13.4 Å². The number of hydrogen-bond acceptors (Lipinski definition) is 15. The van der Waals surface area contributed by atoms with Crippen molar-refractivity contribution < 1.29 is 59.8 Å². The molecule has 24 heteroatoms. The van der Waals surface area contributed by atoms with Gasteiger partial charge in [0.2, 0.25) is 15.9 Å². The number of fused-ring (bicyclic) bond motifs is 1. The number of carbonyl (C=O) groups is 3. The number of ether oxygens (including phenoxy) is 4. The second kappa shape index (κ2) is 27.4. The van der Waals surface area contributed by atoms with Gasteiger partial charge in [-0.1, -0.05) is 0 Å². The molecule has 0 saturated carbocycles. The maximum Gasteiger partial charge on any atom is 0.323 e. The molecule has 4 aromatic rings. The zero-order chi connectivity index (χ0) is 48.0. The molecule has 66 heavy (non-hydrogen) atoms. The van der Waals surface area contributed by atoms with E-state index in [0.29, 0.717) is 120 Å². The van der Waals surface area contributed by atoms with Gasteiger partial charge in [-0.05, 0) is 93.8 Å². The summed E-state index contributed by atoms with van der Waals surface area (Å²) in [5.41, 5.74) is 7.37. The normalized spacial score (nSPS) is 12.8. The first-order valence-corrected chi connectivity index (χ1v) is 24.8. The smallest absolute Gasteiger partial charge is 0.323 e. The van der Waals surface area contributed by atoms with Crippen LogP contribution in [0, 0.1) is 13.8 Å². The van der Waals surface area contributed by atoms with Gasteiger partial charge in [-0.3, -0.25) is 23.6 Å².